The molecule has 2 N–H and O–H groups in total. The van der Waals surface area contributed by atoms with Crippen molar-refractivity contribution in [2.24, 2.45) is 4.99 Å². The van der Waals surface area contributed by atoms with Gasteiger partial charge in [-0.2, -0.15) is 0 Å². The third-order valence-corrected chi connectivity index (χ3v) is 3.82. The number of aliphatic imine (C=N–C) groups is 1. The van der Waals surface area contributed by atoms with E-state index in [9.17, 15) is 0 Å². The van der Waals surface area contributed by atoms with E-state index in [4.69, 9.17) is 4.74 Å². The molecule has 5 heteroatoms. The van der Waals surface area contributed by atoms with E-state index in [1.54, 1.807) is 6.20 Å². The average molecular weight is 340 g/mol. The van der Waals surface area contributed by atoms with Crippen LogP contribution in [0.5, 0.6) is 5.88 Å². The minimum Gasteiger partial charge on any atom is -0.473 e. The van der Waals surface area contributed by atoms with Crippen LogP contribution in [0.1, 0.15) is 38.3 Å². The van der Waals surface area contributed by atoms with E-state index in [1.165, 1.54) is 0 Å². The molecule has 0 aliphatic carbocycles. The number of benzene rings is 1. The van der Waals surface area contributed by atoms with Gasteiger partial charge in [0.15, 0.2) is 5.96 Å². The Morgan fingerprint density at radius 1 is 1.16 bits per heavy atom. The van der Waals surface area contributed by atoms with Crippen molar-refractivity contribution >= 4 is 5.96 Å². The van der Waals surface area contributed by atoms with Gasteiger partial charge in [-0.3, -0.25) is 0 Å². The average Bonchev–Trinajstić information content (AvgIpc) is 2.66. The molecule has 0 saturated heterocycles. The number of hydrogen-bond donors (Lipinski definition) is 2. The molecule has 134 valence electrons. The van der Waals surface area contributed by atoms with E-state index >= 15 is 0 Å². The zero-order valence-electron chi connectivity index (χ0n) is 15.3. The van der Waals surface area contributed by atoms with Crippen LogP contribution in [-0.2, 0) is 13.2 Å². The smallest absolute Gasteiger partial charge is 0.218 e. The number of aromatic nitrogens is 1. The maximum Gasteiger partial charge on any atom is 0.218 e. The van der Waals surface area contributed by atoms with Crippen LogP contribution in [0.2, 0.25) is 0 Å². The van der Waals surface area contributed by atoms with Gasteiger partial charge in [-0.05, 0) is 31.9 Å². The summed E-state index contributed by atoms with van der Waals surface area (Å²) in [5.74, 6) is 1.45. The van der Waals surface area contributed by atoms with Gasteiger partial charge >= 0.3 is 0 Å². The van der Waals surface area contributed by atoms with Gasteiger partial charge in [-0.1, -0.05) is 43.3 Å². The van der Waals surface area contributed by atoms with Gasteiger partial charge in [-0.15, -0.1) is 0 Å². The predicted octanol–water partition coefficient (Wildman–Crippen LogP) is 3.51. The van der Waals surface area contributed by atoms with E-state index in [0.717, 1.165) is 30.1 Å². The zero-order valence-corrected chi connectivity index (χ0v) is 15.3. The highest BCUT2D eigenvalue weighted by Gasteiger charge is 2.07. The Morgan fingerprint density at radius 2 is 1.96 bits per heavy atom. The standard InChI is InChI=1S/C20H28N4O/c1-4-16(3)24-20(21-5-2)23-14-18-12-9-13-22-19(18)25-15-17-10-7-6-8-11-17/h6-13,16H,4-5,14-15H2,1-3H3,(H2,21,23,24). The summed E-state index contributed by atoms with van der Waals surface area (Å²) in [4.78, 5) is 9.02. The molecule has 0 amide bonds. The van der Waals surface area contributed by atoms with Gasteiger partial charge in [-0.25, -0.2) is 9.98 Å². The van der Waals surface area contributed by atoms with E-state index < -0.39 is 0 Å². The van der Waals surface area contributed by atoms with Crippen molar-refractivity contribution in [3.63, 3.8) is 0 Å². The van der Waals surface area contributed by atoms with Crippen molar-refractivity contribution in [1.82, 2.24) is 15.6 Å². The number of hydrogen-bond acceptors (Lipinski definition) is 3. The number of rotatable bonds is 8. The number of nitrogens with zero attached hydrogens (tertiary/aromatic N) is 2. The van der Waals surface area contributed by atoms with E-state index in [0.29, 0.717) is 25.1 Å². The summed E-state index contributed by atoms with van der Waals surface area (Å²) < 4.78 is 5.90. The van der Waals surface area contributed by atoms with E-state index in [-0.39, 0.29) is 0 Å². The molecule has 0 spiro atoms. The molecule has 2 rings (SSSR count). The fraction of sp³-hybridized carbons (Fsp3) is 0.400. The maximum atomic E-state index is 5.90. The lowest BCUT2D eigenvalue weighted by molar-refractivity contribution is 0.290. The Hall–Kier alpha value is -2.56. The third kappa shape index (κ3) is 6.45. The maximum absolute atomic E-state index is 5.90. The van der Waals surface area contributed by atoms with Crippen LogP contribution in [0.3, 0.4) is 0 Å². The van der Waals surface area contributed by atoms with Crippen molar-refractivity contribution in [3.05, 3.63) is 59.8 Å². The van der Waals surface area contributed by atoms with Gasteiger partial charge in [0.25, 0.3) is 0 Å². The Labute approximate surface area is 150 Å². The zero-order chi connectivity index (χ0) is 17.9. The number of nitrogens with one attached hydrogen (secondary N) is 2. The lowest BCUT2D eigenvalue weighted by atomic mass is 10.2. The van der Waals surface area contributed by atoms with Gasteiger partial charge < -0.3 is 15.4 Å². The Balaban J connectivity index is 2.04. The first kappa shape index (κ1) is 18.8. The first-order valence-corrected chi connectivity index (χ1v) is 8.88. The summed E-state index contributed by atoms with van der Waals surface area (Å²) in [5, 5.41) is 6.67. The van der Waals surface area contributed by atoms with Gasteiger partial charge in [0.05, 0.1) is 6.54 Å². The minimum absolute atomic E-state index is 0.375. The summed E-state index contributed by atoms with van der Waals surface area (Å²) in [5.41, 5.74) is 2.09. The molecule has 0 bridgehead atoms. The Kier molecular flexibility index (Phi) is 7.76. The van der Waals surface area contributed by atoms with Gasteiger partial charge in [0.1, 0.15) is 6.61 Å². The summed E-state index contributed by atoms with van der Waals surface area (Å²) in [6, 6.07) is 14.4. The highest BCUT2D eigenvalue weighted by molar-refractivity contribution is 5.80. The second kappa shape index (κ2) is 10.3. The topological polar surface area (TPSA) is 58.5 Å². The van der Waals surface area contributed by atoms with Crippen LogP contribution in [0.4, 0.5) is 0 Å². The van der Waals surface area contributed by atoms with Crippen LogP contribution in [0.25, 0.3) is 0 Å². The molecule has 0 aliphatic rings. The highest BCUT2D eigenvalue weighted by Crippen LogP contribution is 2.17. The van der Waals surface area contributed by atoms with Crippen molar-refractivity contribution in [2.75, 3.05) is 6.54 Å². The highest BCUT2D eigenvalue weighted by atomic mass is 16.5. The second-order valence-corrected chi connectivity index (χ2v) is 5.89. The molecule has 1 aromatic heterocycles. The molecule has 0 aliphatic heterocycles. The summed E-state index contributed by atoms with van der Waals surface area (Å²) in [7, 11) is 0. The van der Waals surface area contributed by atoms with Crippen molar-refractivity contribution in [3.8, 4) is 5.88 Å². The molecular weight excluding hydrogens is 312 g/mol. The molecule has 25 heavy (non-hydrogen) atoms. The third-order valence-electron chi connectivity index (χ3n) is 3.82. The normalized spacial score (nSPS) is 12.5. The lowest BCUT2D eigenvalue weighted by Crippen LogP contribution is -2.41. The molecule has 1 aromatic carbocycles. The monoisotopic (exact) mass is 340 g/mol. The minimum atomic E-state index is 0.375. The molecule has 0 fully saturated rings. The first-order chi connectivity index (χ1) is 12.2. The molecule has 2 aromatic rings. The van der Waals surface area contributed by atoms with E-state index in [1.807, 2.05) is 42.5 Å². The van der Waals surface area contributed by atoms with Crippen molar-refractivity contribution in [2.45, 2.75) is 46.4 Å². The van der Waals surface area contributed by atoms with Crippen LogP contribution < -0.4 is 15.4 Å². The summed E-state index contributed by atoms with van der Waals surface area (Å²) in [6.07, 6.45) is 2.79. The van der Waals surface area contributed by atoms with Gasteiger partial charge in [0, 0.05) is 24.3 Å². The molecule has 0 saturated carbocycles. The largest absolute Gasteiger partial charge is 0.473 e. The fourth-order valence-electron chi connectivity index (χ4n) is 2.22. The summed E-state index contributed by atoms with van der Waals surface area (Å²) in [6.45, 7) is 8.20. The van der Waals surface area contributed by atoms with E-state index in [2.05, 4.69) is 41.4 Å². The SMILES string of the molecule is CCNC(=NCc1cccnc1OCc1ccccc1)NC(C)CC. The number of pyridine rings is 1. The van der Waals surface area contributed by atoms with Crippen molar-refractivity contribution in [1.29, 1.82) is 0 Å². The fourth-order valence-corrected chi connectivity index (χ4v) is 2.22. The predicted molar refractivity (Wildman–Crippen MR) is 103 cm³/mol. The van der Waals surface area contributed by atoms with Gasteiger partial charge in [0.2, 0.25) is 5.88 Å². The molecule has 0 radical (unpaired) electrons. The van der Waals surface area contributed by atoms with Crippen LogP contribution in [-0.4, -0.2) is 23.5 Å². The number of ether oxygens (including phenoxy) is 1. The second-order valence-electron chi connectivity index (χ2n) is 5.89. The van der Waals surface area contributed by atoms with Crippen molar-refractivity contribution < 1.29 is 4.74 Å². The molecular formula is C20H28N4O. The molecule has 1 atom stereocenters. The Morgan fingerprint density at radius 3 is 2.68 bits per heavy atom. The Bertz CT molecular complexity index is 658. The molecule has 5 nitrogen and oxygen atoms in total. The molecule has 1 heterocycles. The van der Waals surface area contributed by atoms with Crippen LogP contribution in [0, 0.1) is 0 Å². The van der Waals surface area contributed by atoms with Crippen LogP contribution >= 0.6 is 0 Å². The summed E-state index contributed by atoms with van der Waals surface area (Å²) >= 11 is 0. The molecule has 1 unspecified atom stereocenters. The lowest BCUT2D eigenvalue weighted by Gasteiger charge is -2.16. The van der Waals surface area contributed by atoms with Crippen LogP contribution in [0.15, 0.2) is 53.7 Å². The quantitative estimate of drug-likeness (QED) is 0.570. The number of guanidine groups is 1. The first-order valence-electron chi connectivity index (χ1n) is 8.88.